The highest BCUT2D eigenvalue weighted by atomic mass is 19.4. The van der Waals surface area contributed by atoms with Crippen LogP contribution in [0.25, 0.3) is 5.69 Å². The summed E-state index contributed by atoms with van der Waals surface area (Å²) in [6.45, 7) is 4.99. The van der Waals surface area contributed by atoms with Crippen molar-refractivity contribution < 1.29 is 27.1 Å². The number of alkyl halides is 3. The number of pyridine rings is 1. The predicted molar refractivity (Wildman–Crippen MR) is 127 cm³/mol. The van der Waals surface area contributed by atoms with Gasteiger partial charge in [0.15, 0.2) is 0 Å². The Morgan fingerprint density at radius 1 is 1.16 bits per heavy atom. The van der Waals surface area contributed by atoms with Crippen molar-refractivity contribution in [3.05, 3.63) is 75.5 Å². The molecule has 0 fully saturated rings. The number of hydrogen-bond acceptors (Lipinski definition) is 4. The van der Waals surface area contributed by atoms with Crippen LogP contribution in [-0.4, -0.2) is 50.3 Å². The first-order valence-corrected chi connectivity index (χ1v) is 12.0. The number of halogens is 4. The highest BCUT2D eigenvalue weighted by molar-refractivity contribution is 5.93. The molecule has 0 saturated heterocycles. The van der Waals surface area contributed by atoms with Gasteiger partial charge in [0.25, 0.3) is 11.5 Å². The molecule has 3 aromatic rings. The second kappa shape index (κ2) is 8.74. The number of carbonyl (C=O) groups is 1. The summed E-state index contributed by atoms with van der Waals surface area (Å²) in [7, 11) is 0. The first-order chi connectivity index (χ1) is 17.4. The number of benzene rings is 1. The fraction of sp³-hybridized carbons (Fsp3) is 0.423. The third-order valence-corrected chi connectivity index (χ3v) is 7.47. The van der Waals surface area contributed by atoms with Crippen molar-refractivity contribution in [3.63, 3.8) is 0 Å². The lowest BCUT2D eigenvalue weighted by molar-refractivity contribution is -0.185. The van der Waals surface area contributed by atoms with Crippen molar-refractivity contribution in [2.45, 2.75) is 57.8 Å². The Bertz CT molecular complexity index is 1440. The Morgan fingerprint density at radius 3 is 2.59 bits per heavy atom. The molecule has 0 N–H and O–H groups in total. The number of aromatic nitrogens is 3. The zero-order valence-electron chi connectivity index (χ0n) is 20.6. The van der Waals surface area contributed by atoms with Crippen LogP contribution in [0.1, 0.15) is 47.6 Å². The second-order valence-electron chi connectivity index (χ2n) is 9.87. The molecule has 1 aromatic carbocycles. The van der Waals surface area contributed by atoms with Crippen LogP contribution in [0.2, 0.25) is 0 Å². The summed E-state index contributed by atoms with van der Waals surface area (Å²) in [5, 5.41) is 0. The number of rotatable bonds is 5. The highest BCUT2D eigenvalue weighted by Gasteiger charge is 2.57. The SMILES string of the molecule is Cc1cn(-c2ccc3n(c2=O)CCN([C@@H](C)COc2ccc(F)c4c2C(C)(C(F)(F)F)CC4)C3=O)cn1. The van der Waals surface area contributed by atoms with Crippen molar-refractivity contribution in [2.75, 3.05) is 13.2 Å². The standard InChI is InChI=1S/C26H26F4N4O3/c1-15-12-32(14-31-15)19-5-6-20-24(36)33(10-11-34(20)23(19)35)16(2)13-37-21-7-4-18(27)17-8-9-25(3,22(17)21)26(28,29)30/h4-7,12,14,16H,8-11,13H2,1-3H3/t16-,25?/m0/s1. The van der Waals surface area contributed by atoms with Crippen LogP contribution in [0.4, 0.5) is 17.6 Å². The minimum Gasteiger partial charge on any atom is -0.491 e. The van der Waals surface area contributed by atoms with E-state index in [4.69, 9.17) is 4.74 Å². The fourth-order valence-corrected chi connectivity index (χ4v) is 5.26. The molecule has 0 saturated carbocycles. The van der Waals surface area contributed by atoms with E-state index in [2.05, 4.69) is 4.98 Å². The van der Waals surface area contributed by atoms with E-state index < -0.39 is 23.5 Å². The quantitative estimate of drug-likeness (QED) is 0.476. The number of imidazole rings is 1. The highest BCUT2D eigenvalue weighted by Crippen LogP contribution is 2.53. The molecule has 1 amide bonds. The number of hydrogen-bond donors (Lipinski definition) is 0. The van der Waals surface area contributed by atoms with E-state index in [-0.39, 0.29) is 66.6 Å². The van der Waals surface area contributed by atoms with Crippen LogP contribution in [0.5, 0.6) is 5.75 Å². The molecular formula is C26H26F4N4O3. The van der Waals surface area contributed by atoms with E-state index in [0.717, 1.165) is 18.7 Å². The normalized spacial score (nSPS) is 20.1. The topological polar surface area (TPSA) is 69.4 Å². The lowest BCUT2D eigenvalue weighted by Gasteiger charge is -2.35. The second-order valence-corrected chi connectivity index (χ2v) is 9.87. The molecule has 0 spiro atoms. The summed E-state index contributed by atoms with van der Waals surface area (Å²) in [6.07, 6.45) is -1.60. The number of fused-ring (bicyclic) bond motifs is 2. The predicted octanol–water partition coefficient (Wildman–Crippen LogP) is 4.17. The van der Waals surface area contributed by atoms with Crippen LogP contribution in [0.3, 0.4) is 0 Å². The molecular weight excluding hydrogens is 492 g/mol. The van der Waals surface area contributed by atoms with Gasteiger partial charge in [0, 0.05) is 24.8 Å². The van der Waals surface area contributed by atoms with Crippen LogP contribution >= 0.6 is 0 Å². The van der Waals surface area contributed by atoms with Gasteiger partial charge < -0.3 is 18.8 Å². The first kappa shape index (κ1) is 25.0. The number of carbonyl (C=O) groups excluding carboxylic acids is 1. The number of aryl methyl sites for hydroxylation is 1. The zero-order valence-corrected chi connectivity index (χ0v) is 20.6. The van der Waals surface area contributed by atoms with Gasteiger partial charge in [-0.1, -0.05) is 0 Å². The van der Waals surface area contributed by atoms with Crippen LogP contribution in [0, 0.1) is 12.7 Å². The fourth-order valence-electron chi connectivity index (χ4n) is 5.26. The summed E-state index contributed by atoms with van der Waals surface area (Å²) in [5.74, 6) is -1.08. The Morgan fingerprint density at radius 2 is 1.92 bits per heavy atom. The Balaban J connectivity index is 1.36. The zero-order chi connectivity index (χ0) is 26.7. The molecule has 3 heterocycles. The molecule has 0 bridgehead atoms. The molecule has 1 aliphatic carbocycles. The minimum absolute atomic E-state index is 0.0243. The maximum atomic E-state index is 14.3. The van der Waals surface area contributed by atoms with Crippen molar-refractivity contribution in [3.8, 4) is 11.4 Å². The number of amides is 1. The molecule has 7 nitrogen and oxygen atoms in total. The number of nitrogens with zero attached hydrogens (tertiary/aromatic N) is 4. The average Bonchev–Trinajstić information content (AvgIpc) is 3.44. The molecule has 37 heavy (non-hydrogen) atoms. The lowest BCUT2D eigenvalue weighted by atomic mass is 9.82. The third-order valence-electron chi connectivity index (χ3n) is 7.47. The maximum Gasteiger partial charge on any atom is 0.398 e. The smallest absolute Gasteiger partial charge is 0.398 e. The van der Waals surface area contributed by atoms with Gasteiger partial charge in [-0.2, -0.15) is 13.2 Å². The Labute approximate surface area is 210 Å². The first-order valence-electron chi connectivity index (χ1n) is 12.0. The van der Waals surface area contributed by atoms with E-state index in [9.17, 15) is 27.2 Å². The minimum atomic E-state index is -4.57. The van der Waals surface area contributed by atoms with Crippen LogP contribution in [0.15, 0.2) is 41.6 Å². The van der Waals surface area contributed by atoms with Crippen molar-refractivity contribution in [2.24, 2.45) is 0 Å². The van der Waals surface area contributed by atoms with Gasteiger partial charge in [0.2, 0.25) is 0 Å². The maximum absolute atomic E-state index is 14.3. The summed E-state index contributed by atoms with van der Waals surface area (Å²) in [6, 6.07) is 4.98. The molecule has 11 heteroatoms. The van der Waals surface area contributed by atoms with E-state index >= 15 is 0 Å². The molecule has 2 aliphatic rings. The van der Waals surface area contributed by atoms with E-state index in [0.29, 0.717) is 5.69 Å². The third kappa shape index (κ3) is 4.00. The van der Waals surface area contributed by atoms with Crippen molar-refractivity contribution >= 4 is 5.91 Å². The van der Waals surface area contributed by atoms with Gasteiger partial charge in [-0.25, -0.2) is 9.37 Å². The summed E-state index contributed by atoms with van der Waals surface area (Å²) in [5.41, 5.74) is -1.33. The molecule has 5 rings (SSSR count). The summed E-state index contributed by atoms with van der Waals surface area (Å²) >= 11 is 0. The molecule has 0 radical (unpaired) electrons. The molecule has 1 unspecified atom stereocenters. The summed E-state index contributed by atoms with van der Waals surface area (Å²) < 4.78 is 64.9. The van der Waals surface area contributed by atoms with E-state index in [1.165, 1.54) is 21.9 Å². The van der Waals surface area contributed by atoms with E-state index in [1.54, 1.807) is 36.7 Å². The molecule has 196 valence electrons. The largest absolute Gasteiger partial charge is 0.491 e. The van der Waals surface area contributed by atoms with Crippen molar-refractivity contribution in [1.29, 1.82) is 0 Å². The van der Waals surface area contributed by atoms with E-state index in [1.807, 2.05) is 0 Å². The summed E-state index contributed by atoms with van der Waals surface area (Å²) in [4.78, 5) is 31.9. The van der Waals surface area contributed by atoms with Gasteiger partial charge in [-0.05, 0) is 63.4 Å². The Hall–Kier alpha value is -3.63. The lowest BCUT2D eigenvalue weighted by Crippen LogP contribution is -2.50. The van der Waals surface area contributed by atoms with Gasteiger partial charge in [-0.15, -0.1) is 0 Å². The molecule has 2 atom stereocenters. The van der Waals surface area contributed by atoms with Gasteiger partial charge in [0.1, 0.15) is 29.6 Å². The molecule has 2 aromatic heterocycles. The molecule has 1 aliphatic heterocycles. The van der Waals surface area contributed by atoms with Gasteiger partial charge in [-0.3, -0.25) is 9.59 Å². The van der Waals surface area contributed by atoms with Crippen LogP contribution < -0.4 is 10.3 Å². The average molecular weight is 519 g/mol. The van der Waals surface area contributed by atoms with Crippen molar-refractivity contribution in [1.82, 2.24) is 19.0 Å². The monoisotopic (exact) mass is 518 g/mol. The van der Waals surface area contributed by atoms with Crippen LogP contribution in [-0.2, 0) is 18.4 Å². The van der Waals surface area contributed by atoms with Gasteiger partial charge in [0.05, 0.1) is 23.5 Å². The Kier molecular flexibility index (Phi) is 5.91. The number of ether oxygens (including phenoxy) is 1. The van der Waals surface area contributed by atoms with Gasteiger partial charge >= 0.3 is 6.18 Å².